The van der Waals surface area contributed by atoms with Crippen molar-refractivity contribution in [3.05, 3.63) is 53.6 Å². The van der Waals surface area contributed by atoms with Crippen LogP contribution in [0, 0.1) is 0 Å². The monoisotopic (exact) mass is 299 g/mol. The number of nitrogen functional groups attached to an aromatic ring is 1. The van der Waals surface area contributed by atoms with Gasteiger partial charge in [-0.05, 0) is 24.3 Å². The molecule has 0 fully saturated rings. The molecular weight excluding hydrogens is 282 g/mol. The first-order chi connectivity index (χ1) is 10.5. The fourth-order valence-corrected chi connectivity index (χ4v) is 1.97. The van der Waals surface area contributed by atoms with Crippen molar-refractivity contribution < 1.29 is 14.7 Å². The van der Waals surface area contributed by atoms with Crippen LogP contribution in [0.25, 0.3) is 0 Å². The van der Waals surface area contributed by atoms with E-state index in [0.717, 1.165) is 0 Å². The van der Waals surface area contributed by atoms with Gasteiger partial charge in [-0.25, -0.2) is 0 Å². The van der Waals surface area contributed by atoms with Crippen molar-refractivity contribution in [3.8, 4) is 0 Å². The summed E-state index contributed by atoms with van der Waals surface area (Å²) in [5.74, 6) is -0.631. The van der Waals surface area contributed by atoms with Crippen LogP contribution in [-0.4, -0.2) is 16.9 Å². The number of carbonyl (C=O) groups is 2. The van der Waals surface area contributed by atoms with Crippen LogP contribution < -0.4 is 16.4 Å². The number of nitrogens with two attached hydrogens (primary N) is 1. The van der Waals surface area contributed by atoms with Gasteiger partial charge in [0.25, 0.3) is 5.91 Å². The van der Waals surface area contributed by atoms with Crippen LogP contribution in [0.4, 0.5) is 17.1 Å². The molecule has 22 heavy (non-hydrogen) atoms. The molecule has 0 saturated heterocycles. The lowest BCUT2D eigenvalue weighted by atomic mass is 10.1. The highest BCUT2D eigenvalue weighted by Gasteiger charge is 2.11. The number of benzene rings is 2. The lowest BCUT2D eigenvalue weighted by Gasteiger charge is -2.12. The fourth-order valence-electron chi connectivity index (χ4n) is 1.97. The van der Waals surface area contributed by atoms with Gasteiger partial charge in [-0.15, -0.1) is 0 Å². The van der Waals surface area contributed by atoms with Crippen LogP contribution in [0.1, 0.15) is 22.8 Å². The molecule has 0 saturated carbocycles. The average molecular weight is 299 g/mol. The van der Waals surface area contributed by atoms with Gasteiger partial charge in [-0.3, -0.25) is 9.59 Å². The molecule has 0 heterocycles. The summed E-state index contributed by atoms with van der Waals surface area (Å²) in [6, 6.07) is 11.6. The second-order valence-electron chi connectivity index (χ2n) is 4.75. The third-order valence-electron chi connectivity index (χ3n) is 3.06. The van der Waals surface area contributed by atoms with Crippen molar-refractivity contribution in [2.75, 3.05) is 16.4 Å². The largest absolute Gasteiger partial charge is 0.397 e. The standard InChI is InChI=1S/C16H17N3O3/c1-10(21)18-15-8-11(6-7-12(15)9-20)16(22)19-14-5-3-2-4-13(14)17/h2-8,20H,9,17H2,1H3,(H,18,21)(H,19,22). The SMILES string of the molecule is CC(=O)Nc1cc(C(=O)Nc2ccccc2N)ccc1CO. The first-order valence-electron chi connectivity index (χ1n) is 6.68. The van der Waals surface area contributed by atoms with Gasteiger partial charge in [-0.2, -0.15) is 0 Å². The molecule has 2 aromatic rings. The van der Waals surface area contributed by atoms with E-state index in [4.69, 9.17) is 5.73 Å². The van der Waals surface area contributed by atoms with E-state index in [1.807, 2.05) is 0 Å². The molecule has 0 atom stereocenters. The maximum absolute atomic E-state index is 12.3. The molecule has 0 aliphatic carbocycles. The molecule has 114 valence electrons. The van der Waals surface area contributed by atoms with Gasteiger partial charge in [-0.1, -0.05) is 18.2 Å². The highest BCUT2D eigenvalue weighted by molar-refractivity contribution is 6.06. The van der Waals surface area contributed by atoms with Gasteiger partial charge < -0.3 is 21.5 Å². The normalized spacial score (nSPS) is 10.1. The molecular formula is C16H17N3O3. The van der Waals surface area contributed by atoms with Crippen molar-refractivity contribution in [2.45, 2.75) is 13.5 Å². The molecule has 0 radical (unpaired) electrons. The van der Waals surface area contributed by atoms with Crippen LogP contribution >= 0.6 is 0 Å². The quantitative estimate of drug-likeness (QED) is 0.648. The topological polar surface area (TPSA) is 104 Å². The van der Waals surface area contributed by atoms with Crippen LogP contribution in [0.5, 0.6) is 0 Å². The van der Waals surface area contributed by atoms with E-state index in [-0.39, 0.29) is 18.4 Å². The van der Waals surface area contributed by atoms with E-state index >= 15 is 0 Å². The molecule has 0 aromatic heterocycles. The molecule has 2 rings (SSSR count). The van der Waals surface area contributed by atoms with Gasteiger partial charge in [0.05, 0.1) is 18.0 Å². The summed E-state index contributed by atoms with van der Waals surface area (Å²) in [6.45, 7) is 1.13. The van der Waals surface area contributed by atoms with Crippen LogP contribution in [-0.2, 0) is 11.4 Å². The van der Waals surface area contributed by atoms with E-state index in [9.17, 15) is 14.7 Å². The molecule has 0 aliphatic rings. The number of nitrogens with one attached hydrogen (secondary N) is 2. The second-order valence-corrected chi connectivity index (χ2v) is 4.75. The van der Waals surface area contributed by atoms with Crippen LogP contribution in [0.2, 0.25) is 0 Å². The zero-order valence-electron chi connectivity index (χ0n) is 12.1. The molecule has 0 aliphatic heterocycles. The molecule has 0 bridgehead atoms. The Morgan fingerprint density at radius 1 is 1.09 bits per heavy atom. The first-order valence-corrected chi connectivity index (χ1v) is 6.68. The Morgan fingerprint density at radius 2 is 1.82 bits per heavy atom. The van der Waals surface area contributed by atoms with Crippen LogP contribution in [0.3, 0.4) is 0 Å². The van der Waals surface area contributed by atoms with Crippen molar-refractivity contribution in [1.29, 1.82) is 0 Å². The minimum Gasteiger partial charge on any atom is -0.397 e. The molecule has 5 N–H and O–H groups in total. The molecule has 2 amide bonds. The van der Waals surface area contributed by atoms with E-state index in [1.54, 1.807) is 36.4 Å². The number of hydrogen-bond donors (Lipinski definition) is 4. The summed E-state index contributed by atoms with van der Waals surface area (Å²) >= 11 is 0. The molecule has 0 unspecified atom stereocenters. The van der Waals surface area contributed by atoms with Gasteiger partial charge in [0.1, 0.15) is 0 Å². The highest BCUT2D eigenvalue weighted by atomic mass is 16.3. The number of para-hydroxylation sites is 2. The lowest BCUT2D eigenvalue weighted by Crippen LogP contribution is -2.15. The minimum atomic E-state index is -0.353. The van der Waals surface area contributed by atoms with Gasteiger partial charge in [0.2, 0.25) is 5.91 Å². The van der Waals surface area contributed by atoms with Gasteiger partial charge in [0, 0.05) is 23.7 Å². The number of carbonyl (C=O) groups excluding carboxylic acids is 2. The van der Waals surface area contributed by atoms with Crippen molar-refractivity contribution in [1.82, 2.24) is 0 Å². The Labute approximate surface area is 128 Å². The number of hydrogen-bond acceptors (Lipinski definition) is 4. The van der Waals surface area contributed by atoms with Crippen molar-refractivity contribution in [2.24, 2.45) is 0 Å². The van der Waals surface area contributed by atoms with Crippen molar-refractivity contribution in [3.63, 3.8) is 0 Å². The molecule has 0 spiro atoms. The Kier molecular flexibility index (Phi) is 4.75. The molecule has 6 heteroatoms. The maximum atomic E-state index is 12.3. The predicted molar refractivity (Wildman–Crippen MR) is 85.5 cm³/mol. The van der Waals surface area contributed by atoms with Crippen LogP contribution in [0.15, 0.2) is 42.5 Å². The Bertz CT molecular complexity index is 714. The fraction of sp³-hybridized carbons (Fsp3) is 0.125. The smallest absolute Gasteiger partial charge is 0.255 e. The Balaban J connectivity index is 2.26. The number of aliphatic hydroxyl groups is 1. The number of anilines is 3. The van der Waals surface area contributed by atoms with E-state index in [0.29, 0.717) is 28.2 Å². The third-order valence-corrected chi connectivity index (χ3v) is 3.06. The van der Waals surface area contributed by atoms with Gasteiger partial charge in [0.15, 0.2) is 0 Å². The lowest BCUT2D eigenvalue weighted by molar-refractivity contribution is -0.114. The van der Waals surface area contributed by atoms with E-state index in [2.05, 4.69) is 10.6 Å². The molecule has 2 aromatic carbocycles. The van der Waals surface area contributed by atoms with Crippen molar-refractivity contribution >= 4 is 28.9 Å². The number of amides is 2. The number of rotatable bonds is 4. The van der Waals surface area contributed by atoms with Gasteiger partial charge >= 0.3 is 0 Å². The summed E-state index contributed by atoms with van der Waals surface area (Å²) in [7, 11) is 0. The summed E-state index contributed by atoms with van der Waals surface area (Å²) in [6.07, 6.45) is 0. The first kappa shape index (κ1) is 15.5. The molecule has 6 nitrogen and oxygen atoms in total. The average Bonchev–Trinajstić information content (AvgIpc) is 2.49. The Hall–Kier alpha value is -2.86. The maximum Gasteiger partial charge on any atom is 0.255 e. The minimum absolute atomic E-state index is 0.233. The number of aliphatic hydroxyl groups excluding tert-OH is 1. The zero-order chi connectivity index (χ0) is 16.1. The van der Waals surface area contributed by atoms with E-state index < -0.39 is 0 Å². The summed E-state index contributed by atoms with van der Waals surface area (Å²) < 4.78 is 0. The summed E-state index contributed by atoms with van der Waals surface area (Å²) in [5.41, 5.74) is 8.05. The summed E-state index contributed by atoms with van der Waals surface area (Å²) in [5, 5.41) is 14.6. The Morgan fingerprint density at radius 3 is 2.45 bits per heavy atom. The third kappa shape index (κ3) is 3.62. The predicted octanol–water partition coefficient (Wildman–Crippen LogP) is 1.97. The van der Waals surface area contributed by atoms with E-state index in [1.165, 1.54) is 13.0 Å². The second kappa shape index (κ2) is 6.73. The summed E-state index contributed by atoms with van der Waals surface area (Å²) in [4.78, 5) is 23.5. The highest BCUT2D eigenvalue weighted by Crippen LogP contribution is 2.21. The zero-order valence-corrected chi connectivity index (χ0v) is 12.1.